The second kappa shape index (κ2) is 7.47. The van der Waals surface area contributed by atoms with Crippen molar-refractivity contribution in [3.63, 3.8) is 0 Å². The molecule has 2 heterocycles. The van der Waals surface area contributed by atoms with E-state index < -0.39 is 53.7 Å². The first-order chi connectivity index (χ1) is 13.5. The Kier molecular flexibility index (Phi) is 5.50. The second-order valence-electron chi connectivity index (χ2n) is 7.51. The van der Waals surface area contributed by atoms with Crippen molar-refractivity contribution in [1.82, 2.24) is 0 Å². The molecule has 6 N–H and O–H groups in total. The van der Waals surface area contributed by atoms with Crippen LogP contribution < -0.4 is 15.2 Å². The number of rotatable bonds is 4. The van der Waals surface area contributed by atoms with E-state index in [9.17, 15) is 25.2 Å². The van der Waals surface area contributed by atoms with Crippen LogP contribution in [0.25, 0.3) is 5.76 Å². The van der Waals surface area contributed by atoms with Gasteiger partial charge in [-0.2, -0.15) is 0 Å². The van der Waals surface area contributed by atoms with Crippen LogP contribution in [0.3, 0.4) is 0 Å². The van der Waals surface area contributed by atoms with Crippen LogP contribution in [0.4, 0.5) is 0 Å². The number of ether oxygens (including phenoxy) is 4. The highest BCUT2D eigenvalue weighted by Gasteiger charge is 2.50. The van der Waals surface area contributed by atoms with Gasteiger partial charge in [0.2, 0.25) is 12.6 Å². The largest absolute Gasteiger partial charge is 0.506 e. The smallest absolute Gasteiger partial charge is 0.254 e. The van der Waals surface area contributed by atoms with Crippen molar-refractivity contribution in [2.45, 2.75) is 57.3 Å². The van der Waals surface area contributed by atoms with Gasteiger partial charge in [-0.3, -0.25) is 4.79 Å². The Hall–Kier alpha value is -2.37. The van der Waals surface area contributed by atoms with Gasteiger partial charge in [-0.15, -0.1) is 0 Å². The summed E-state index contributed by atoms with van der Waals surface area (Å²) < 4.78 is 22.1. The number of hydrogen-bond donors (Lipinski definition) is 5. The van der Waals surface area contributed by atoms with Gasteiger partial charge < -0.3 is 45.1 Å². The fourth-order valence-electron chi connectivity index (χ4n) is 3.64. The first-order valence-electron chi connectivity index (χ1n) is 8.94. The van der Waals surface area contributed by atoms with Crippen LogP contribution >= 0.6 is 0 Å². The molecule has 0 saturated carbocycles. The van der Waals surface area contributed by atoms with Gasteiger partial charge in [0.15, 0.2) is 0 Å². The molecular formula is C19H25NO9. The lowest BCUT2D eigenvalue weighted by Gasteiger charge is -2.46. The fraction of sp³-hybridized carbons (Fsp3) is 0.526. The highest BCUT2D eigenvalue weighted by Crippen LogP contribution is 2.41. The predicted molar refractivity (Wildman–Crippen MR) is 98.9 cm³/mol. The molecule has 0 bridgehead atoms. The van der Waals surface area contributed by atoms with Crippen molar-refractivity contribution >= 4 is 11.7 Å². The third kappa shape index (κ3) is 3.53. The number of aliphatic hydroxyl groups excluding tert-OH is 4. The van der Waals surface area contributed by atoms with Gasteiger partial charge >= 0.3 is 0 Å². The van der Waals surface area contributed by atoms with Gasteiger partial charge in [0.25, 0.3) is 5.91 Å². The van der Waals surface area contributed by atoms with Crippen LogP contribution in [-0.2, 0) is 14.3 Å². The number of amides is 1. The standard InChI is InChI=1S/C19H25NO9/c1-7-9(27-18-13(23)12(22)15(26-4)19(2,3)29-18)6-5-8-11(21)10(16(20)24)17(25)28-14(7)8/h5-6,12-13,15,17-18,21-23,25H,1-4H3,(H2,20,24)/t12-,13-,15-,17?,18-/m1/s1. The molecule has 1 saturated heterocycles. The van der Waals surface area contributed by atoms with Gasteiger partial charge in [0, 0.05) is 12.7 Å². The molecular weight excluding hydrogens is 386 g/mol. The summed E-state index contributed by atoms with van der Waals surface area (Å²) in [6, 6.07) is 2.89. The zero-order chi connectivity index (χ0) is 21.7. The third-order valence-corrected chi connectivity index (χ3v) is 5.15. The van der Waals surface area contributed by atoms with E-state index in [4.69, 9.17) is 24.7 Å². The molecule has 5 atom stereocenters. The zero-order valence-corrected chi connectivity index (χ0v) is 16.4. The topological polar surface area (TPSA) is 161 Å². The van der Waals surface area contributed by atoms with E-state index in [0.717, 1.165) is 0 Å². The average Bonchev–Trinajstić information content (AvgIpc) is 2.62. The summed E-state index contributed by atoms with van der Waals surface area (Å²) in [5.41, 5.74) is 4.29. The van der Waals surface area contributed by atoms with Crippen LogP contribution in [0.15, 0.2) is 17.7 Å². The quantitative estimate of drug-likeness (QED) is 0.448. The maximum absolute atomic E-state index is 11.4. The number of primary amides is 1. The molecule has 1 aromatic rings. The third-order valence-electron chi connectivity index (χ3n) is 5.15. The van der Waals surface area contributed by atoms with E-state index in [1.165, 1.54) is 19.2 Å². The minimum Gasteiger partial charge on any atom is -0.506 e. The lowest BCUT2D eigenvalue weighted by Crippen LogP contribution is -2.63. The Morgan fingerprint density at radius 3 is 2.45 bits per heavy atom. The molecule has 29 heavy (non-hydrogen) atoms. The summed E-state index contributed by atoms with van der Waals surface area (Å²) in [5, 5.41) is 41.0. The number of nitrogens with two attached hydrogens (primary N) is 1. The fourth-order valence-corrected chi connectivity index (χ4v) is 3.64. The summed E-state index contributed by atoms with van der Waals surface area (Å²) in [7, 11) is 1.41. The van der Waals surface area contributed by atoms with Crippen LogP contribution in [-0.4, -0.2) is 69.9 Å². The number of fused-ring (bicyclic) bond motifs is 1. The molecule has 10 nitrogen and oxygen atoms in total. The molecule has 0 radical (unpaired) electrons. The number of benzene rings is 1. The van der Waals surface area contributed by atoms with Gasteiger partial charge in [-0.05, 0) is 32.9 Å². The van der Waals surface area contributed by atoms with E-state index in [-0.39, 0.29) is 17.1 Å². The molecule has 1 aromatic carbocycles. The van der Waals surface area contributed by atoms with Gasteiger partial charge in [-0.25, -0.2) is 0 Å². The molecule has 0 aliphatic carbocycles. The van der Waals surface area contributed by atoms with Gasteiger partial charge in [0.05, 0.1) is 11.2 Å². The van der Waals surface area contributed by atoms with Crippen molar-refractivity contribution in [3.8, 4) is 11.5 Å². The Balaban J connectivity index is 1.93. The summed E-state index contributed by atoms with van der Waals surface area (Å²) in [6.07, 6.45) is -6.38. The number of carbonyl (C=O) groups excluding carboxylic acids is 1. The molecule has 2 aliphatic rings. The van der Waals surface area contributed by atoms with E-state index >= 15 is 0 Å². The Morgan fingerprint density at radius 1 is 1.21 bits per heavy atom. The SMILES string of the molecule is CO[C@@H]1[C@H](O)[C@@H](O)[C@H](Oc2ccc3c(c2C)OC(O)C(C(N)=O)=C3O)OC1(C)C. The van der Waals surface area contributed by atoms with Gasteiger partial charge in [-0.1, -0.05) is 0 Å². The van der Waals surface area contributed by atoms with E-state index in [1.54, 1.807) is 20.8 Å². The number of carbonyl (C=O) groups is 1. The molecule has 160 valence electrons. The first kappa shape index (κ1) is 21.3. The highest BCUT2D eigenvalue weighted by atomic mass is 16.7. The van der Waals surface area contributed by atoms with Crippen LogP contribution in [0.5, 0.6) is 11.5 Å². The Bertz CT molecular complexity index is 850. The van der Waals surface area contributed by atoms with Crippen molar-refractivity contribution in [2.24, 2.45) is 5.73 Å². The monoisotopic (exact) mass is 411 g/mol. The molecule has 0 aromatic heterocycles. The molecule has 1 fully saturated rings. The zero-order valence-electron chi connectivity index (χ0n) is 16.4. The maximum atomic E-state index is 11.4. The number of aliphatic hydroxyl groups is 4. The molecule has 1 unspecified atom stereocenters. The van der Waals surface area contributed by atoms with Crippen molar-refractivity contribution in [1.29, 1.82) is 0 Å². The van der Waals surface area contributed by atoms with Crippen molar-refractivity contribution in [3.05, 3.63) is 28.8 Å². The average molecular weight is 411 g/mol. The van der Waals surface area contributed by atoms with E-state index in [2.05, 4.69) is 0 Å². The predicted octanol–water partition coefficient (Wildman–Crippen LogP) is -0.289. The number of methoxy groups -OCH3 is 1. The second-order valence-corrected chi connectivity index (χ2v) is 7.51. The van der Waals surface area contributed by atoms with Crippen LogP contribution in [0.1, 0.15) is 25.0 Å². The minimum absolute atomic E-state index is 0.0809. The lowest BCUT2D eigenvalue weighted by atomic mass is 9.89. The minimum atomic E-state index is -1.74. The summed E-state index contributed by atoms with van der Waals surface area (Å²) in [5.74, 6) is -1.21. The molecule has 2 aliphatic heterocycles. The van der Waals surface area contributed by atoms with Crippen molar-refractivity contribution in [2.75, 3.05) is 7.11 Å². The van der Waals surface area contributed by atoms with Crippen LogP contribution in [0, 0.1) is 6.92 Å². The number of hydrogen-bond acceptors (Lipinski definition) is 9. The maximum Gasteiger partial charge on any atom is 0.254 e. The lowest BCUT2D eigenvalue weighted by molar-refractivity contribution is -0.306. The highest BCUT2D eigenvalue weighted by molar-refractivity contribution is 6.00. The summed E-state index contributed by atoms with van der Waals surface area (Å²) >= 11 is 0. The van der Waals surface area contributed by atoms with Crippen LogP contribution in [0.2, 0.25) is 0 Å². The van der Waals surface area contributed by atoms with E-state index in [0.29, 0.717) is 5.56 Å². The van der Waals surface area contributed by atoms with Gasteiger partial charge in [0.1, 0.15) is 41.1 Å². The van der Waals surface area contributed by atoms with E-state index in [1.807, 2.05) is 0 Å². The molecule has 1 amide bonds. The normalized spacial score (nSPS) is 31.1. The molecule has 3 rings (SSSR count). The summed E-state index contributed by atoms with van der Waals surface area (Å²) in [4.78, 5) is 11.4. The first-order valence-corrected chi connectivity index (χ1v) is 8.94. The Labute approximate surface area is 167 Å². The molecule has 10 heteroatoms. The van der Waals surface area contributed by atoms with Crippen molar-refractivity contribution < 1.29 is 44.2 Å². The molecule has 0 spiro atoms. The Morgan fingerprint density at radius 2 is 1.86 bits per heavy atom. The summed E-state index contributed by atoms with van der Waals surface area (Å²) in [6.45, 7) is 4.98.